The fourth-order valence-electron chi connectivity index (χ4n) is 2.75. The Bertz CT molecular complexity index is 220. The number of nitrogens with two attached hydrogens (primary N) is 1. The molecular formula is C14H25NO. The van der Waals surface area contributed by atoms with Crippen molar-refractivity contribution >= 4 is 0 Å². The number of terminal acetylenes is 1. The third-order valence-electron chi connectivity index (χ3n) is 3.64. The zero-order chi connectivity index (χ0) is 11.9. The van der Waals surface area contributed by atoms with Crippen LogP contribution >= 0.6 is 0 Å². The van der Waals surface area contributed by atoms with Gasteiger partial charge in [-0.25, -0.2) is 0 Å². The van der Waals surface area contributed by atoms with Crippen LogP contribution in [-0.2, 0) is 4.74 Å². The van der Waals surface area contributed by atoms with Crippen LogP contribution in [0.3, 0.4) is 0 Å². The van der Waals surface area contributed by atoms with Gasteiger partial charge in [0.25, 0.3) is 0 Å². The van der Waals surface area contributed by atoms with Crippen molar-refractivity contribution in [2.45, 2.75) is 69.9 Å². The van der Waals surface area contributed by atoms with Crippen LogP contribution in [0.5, 0.6) is 0 Å². The maximum atomic E-state index is 6.32. The molecule has 1 aliphatic carbocycles. The van der Waals surface area contributed by atoms with Crippen molar-refractivity contribution in [2.24, 2.45) is 5.73 Å². The lowest BCUT2D eigenvalue weighted by Gasteiger charge is -2.41. The van der Waals surface area contributed by atoms with E-state index in [0.29, 0.717) is 0 Å². The van der Waals surface area contributed by atoms with E-state index in [2.05, 4.69) is 12.8 Å². The van der Waals surface area contributed by atoms with Gasteiger partial charge in [-0.15, -0.1) is 12.3 Å². The molecule has 0 aromatic heterocycles. The van der Waals surface area contributed by atoms with Gasteiger partial charge in [0.05, 0.1) is 5.60 Å². The Morgan fingerprint density at radius 2 is 2.06 bits per heavy atom. The van der Waals surface area contributed by atoms with Gasteiger partial charge in [0.1, 0.15) is 0 Å². The van der Waals surface area contributed by atoms with Crippen LogP contribution in [0, 0.1) is 12.3 Å². The topological polar surface area (TPSA) is 35.2 Å². The second kappa shape index (κ2) is 6.93. The summed E-state index contributed by atoms with van der Waals surface area (Å²) in [6, 6.07) is 0.154. The normalized spacial score (nSPS) is 21.3. The molecule has 1 fully saturated rings. The molecule has 0 aromatic carbocycles. The molecule has 0 amide bonds. The van der Waals surface area contributed by atoms with E-state index < -0.39 is 0 Å². The van der Waals surface area contributed by atoms with E-state index in [0.717, 1.165) is 38.7 Å². The highest BCUT2D eigenvalue weighted by atomic mass is 16.5. The Hall–Kier alpha value is -0.520. The first-order valence-electron chi connectivity index (χ1n) is 6.58. The van der Waals surface area contributed by atoms with Gasteiger partial charge in [-0.2, -0.15) is 0 Å². The quantitative estimate of drug-likeness (QED) is 0.555. The number of unbranched alkanes of at least 4 members (excludes halogenated alkanes) is 1. The lowest BCUT2D eigenvalue weighted by molar-refractivity contribution is -0.0835. The highest BCUT2D eigenvalue weighted by Crippen LogP contribution is 2.35. The Morgan fingerprint density at radius 3 is 2.62 bits per heavy atom. The minimum atomic E-state index is -0.0540. The molecule has 1 unspecified atom stereocenters. The molecule has 2 nitrogen and oxygen atoms in total. The second-order valence-electron chi connectivity index (χ2n) is 4.76. The predicted octanol–water partition coefficient (Wildman–Crippen LogP) is 2.86. The lowest BCUT2D eigenvalue weighted by Crippen LogP contribution is -2.51. The molecule has 0 saturated heterocycles. The SMILES string of the molecule is C#CCCCC(N)C1(OCC)CCCCC1. The monoisotopic (exact) mass is 223 g/mol. The van der Waals surface area contributed by atoms with Crippen molar-refractivity contribution in [2.75, 3.05) is 6.61 Å². The van der Waals surface area contributed by atoms with Crippen molar-refractivity contribution in [1.82, 2.24) is 0 Å². The summed E-state index contributed by atoms with van der Waals surface area (Å²) < 4.78 is 5.99. The van der Waals surface area contributed by atoms with Crippen molar-refractivity contribution in [3.63, 3.8) is 0 Å². The fraction of sp³-hybridized carbons (Fsp3) is 0.857. The minimum Gasteiger partial charge on any atom is -0.374 e. The van der Waals surface area contributed by atoms with E-state index in [1.807, 2.05) is 0 Å². The maximum absolute atomic E-state index is 6.32. The Morgan fingerprint density at radius 1 is 1.38 bits per heavy atom. The van der Waals surface area contributed by atoms with Crippen LogP contribution in [0.25, 0.3) is 0 Å². The van der Waals surface area contributed by atoms with Gasteiger partial charge in [-0.1, -0.05) is 19.3 Å². The van der Waals surface area contributed by atoms with E-state index in [-0.39, 0.29) is 11.6 Å². The van der Waals surface area contributed by atoms with Gasteiger partial charge in [0.15, 0.2) is 0 Å². The highest BCUT2D eigenvalue weighted by molar-refractivity contribution is 4.94. The molecule has 0 aromatic rings. The first-order chi connectivity index (χ1) is 7.75. The molecule has 16 heavy (non-hydrogen) atoms. The zero-order valence-corrected chi connectivity index (χ0v) is 10.5. The molecule has 0 bridgehead atoms. The molecule has 0 spiro atoms. The standard InChI is InChI=1S/C14H25NO/c1-3-5-7-10-13(15)14(16-4-2)11-8-6-9-12-14/h1,13H,4-12,15H2,2H3. The molecule has 1 rings (SSSR count). The average Bonchev–Trinajstić information content (AvgIpc) is 2.31. The van der Waals surface area contributed by atoms with E-state index in [1.165, 1.54) is 19.3 Å². The van der Waals surface area contributed by atoms with E-state index >= 15 is 0 Å². The Balaban J connectivity index is 2.50. The van der Waals surface area contributed by atoms with E-state index in [1.54, 1.807) is 0 Å². The summed E-state index contributed by atoms with van der Waals surface area (Å²) in [6.07, 6.45) is 14.2. The summed E-state index contributed by atoms with van der Waals surface area (Å²) in [4.78, 5) is 0. The van der Waals surface area contributed by atoms with Crippen LogP contribution in [-0.4, -0.2) is 18.2 Å². The Kier molecular flexibility index (Phi) is 5.87. The number of hydrogen-bond donors (Lipinski definition) is 1. The second-order valence-corrected chi connectivity index (χ2v) is 4.76. The minimum absolute atomic E-state index is 0.0540. The summed E-state index contributed by atoms with van der Waals surface area (Å²) in [5.41, 5.74) is 6.26. The number of rotatable bonds is 6. The van der Waals surface area contributed by atoms with Crippen molar-refractivity contribution in [1.29, 1.82) is 0 Å². The van der Waals surface area contributed by atoms with Crippen LogP contribution in [0.15, 0.2) is 0 Å². The first-order valence-corrected chi connectivity index (χ1v) is 6.58. The smallest absolute Gasteiger partial charge is 0.0832 e. The first kappa shape index (κ1) is 13.5. The average molecular weight is 223 g/mol. The molecule has 0 radical (unpaired) electrons. The van der Waals surface area contributed by atoms with Crippen molar-refractivity contribution < 1.29 is 4.74 Å². The molecular weight excluding hydrogens is 198 g/mol. The van der Waals surface area contributed by atoms with Gasteiger partial charge in [-0.3, -0.25) is 0 Å². The van der Waals surface area contributed by atoms with Gasteiger partial charge in [0, 0.05) is 19.1 Å². The number of ether oxygens (including phenoxy) is 1. The zero-order valence-electron chi connectivity index (χ0n) is 10.5. The van der Waals surface area contributed by atoms with E-state index in [9.17, 15) is 0 Å². The van der Waals surface area contributed by atoms with Crippen LogP contribution in [0.1, 0.15) is 58.3 Å². The number of hydrogen-bond acceptors (Lipinski definition) is 2. The summed E-state index contributed by atoms with van der Waals surface area (Å²) in [7, 11) is 0. The van der Waals surface area contributed by atoms with Crippen molar-refractivity contribution in [3.05, 3.63) is 0 Å². The predicted molar refractivity (Wildman–Crippen MR) is 68.1 cm³/mol. The molecule has 2 N–H and O–H groups in total. The van der Waals surface area contributed by atoms with Crippen LogP contribution in [0.2, 0.25) is 0 Å². The third-order valence-corrected chi connectivity index (χ3v) is 3.64. The lowest BCUT2D eigenvalue weighted by atomic mass is 9.78. The summed E-state index contributed by atoms with van der Waals surface area (Å²) >= 11 is 0. The van der Waals surface area contributed by atoms with Gasteiger partial charge in [0.2, 0.25) is 0 Å². The largest absolute Gasteiger partial charge is 0.374 e. The molecule has 2 heteroatoms. The maximum Gasteiger partial charge on any atom is 0.0832 e. The summed E-state index contributed by atoms with van der Waals surface area (Å²) in [5.74, 6) is 2.67. The molecule has 1 atom stereocenters. The molecule has 0 heterocycles. The fourth-order valence-corrected chi connectivity index (χ4v) is 2.75. The summed E-state index contributed by atoms with van der Waals surface area (Å²) in [6.45, 7) is 2.83. The molecule has 1 saturated carbocycles. The third kappa shape index (κ3) is 3.50. The van der Waals surface area contributed by atoms with Crippen LogP contribution in [0.4, 0.5) is 0 Å². The Labute approximate surface area is 99.9 Å². The molecule has 0 aliphatic heterocycles. The molecule has 1 aliphatic rings. The molecule has 92 valence electrons. The van der Waals surface area contributed by atoms with Crippen molar-refractivity contribution in [3.8, 4) is 12.3 Å². The summed E-state index contributed by atoms with van der Waals surface area (Å²) in [5, 5.41) is 0. The van der Waals surface area contributed by atoms with E-state index in [4.69, 9.17) is 16.9 Å². The van der Waals surface area contributed by atoms with Crippen LogP contribution < -0.4 is 5.73 Å². The van der Waals surface area contributed by atoms with Gasteiger partial charge in [-0.05, 0) is 32.6 Å². The van der Waals surface area contributed by atoms with Gasteiger partial charge < -0.3 is 10.5 Å². The van der Waals surface area contributed by atoms with Gasteiger partial charge >= 0.3 is 0 Å². The highest BCUT2D eigenvalue weighted by Gasteiger charge is 2.38.